The smallest absolute Gasteiger partial charge is 0.330 e. The molecule has 3 aromatic rings. The summed E-state index contributed by atoms with van der Waals surface area (Å²) < 4.78 is 6.94. The van der Waals surface area contributed by atoms with Gasteiger partial charge in [-0.3, -0.25) is 4.98 Å². The molecule has 23 heavy (non-hydrogen) atoms. The SMILES string of the molecule is CCOC(=O)/C=C/Cn1c(-c2ccccn2)nc2ccccc21. The van der Waals surface area contributed by atoms with Gasteiger partial charge in [-0.1, -0.05) is 24.3 Å². The number of carbonyl (C=O) groups excluding carboxylic acids is 1. The Kier molecular flexibility index (Phi) is 4.47. The van der Waals surface area contributed by atoms with Crippen molar-refractivity contribution in [3.05, 3.63) is 60.8 Å². The molecular formula is C18H17N3O2. The molecule has 3 rings (SSSR count). The van der Waals surface area contributed by atoms with E-state index in [9.17, 15) is 4.79 Å². The lowest BCUT2D eigenvalue weighted by Gasteiger charge is -2.05. The molecule has 0 fully saturated rings. The van der Waals surface area contributed by atoms with Gasteiger partial charge in [0.2, 0.25) is 0 Å². The van der Waals surface area contributed by atoms with E-state index >= 15 is 0 Å². The van der Waals surface area contributed by atoms with Crippen LogP contribution in [0.1, 0.15) is 6.92 Å². The van der Waals surface area contributed by atoms with Gasteiger partial charge in [-0.05, 0) is 31.2 Å². The van der Waals surface area contributed by atoms with Crippen LogP contribution in [0.15, 0.2) is 60.8 Å². The molecule has 0 unspecified atom stereocenters. The third kappa shape index (κ3) is 3.29. The summed E-state index contributed by atoms with van der Waals surface area (Å²) in [5.41, 5.74) is 2.70. The maximum absolute atomic E-state index is 11.4. The average Bonchev–Trinajstić information content (AvgIpc) is 2.95. The zero-order chi connectivity index (χ0) is 16.1. The first kappa shape index (κ1) is 15.0. The average molecular weight is 307 g/mol. The number of carbonyl (C=O) groups is 1. The van der Waals surface area contributed by atoms with Crippen molar-refractivity contribution in [3.63, 3.8) is 0 Å². The quantitative estimate of drug-likeness (QED) is 0.536. The number of hydrogen-bond acceptors (Lipinski definition) is 4. The molecule has 0 saturated heterocycles. The van der Waals surface area contributed by atoms with Gasteiger partial charge in [0.25, 0.3) is 0 Å². The second-order valence-corrected chi connectivity index (χ2v) is 4.90. The largest absolute Gasteiger partial charge is 0.463 e. The van der Waals surface area contributed by atoms with Gasteiger partial charge in [0.15, 0.2) is 5.82 Å². The first-order valence-corrected chi connectivity index (χ1v) is 7.49. The summed E-state index contributed by atoms with van der Waals surface area (Å²) in [6.45, 7) is 2.68. The van der Waals surface area contributed by atoms with Crippen molar-refractivity contribution < 1.29 is 9.53 Å². The second-order valence-electron chi connectivity index (χ2n) is 4.90. The lowest BCUT2D eigenvalue weighted by atomic mass is 10.3. The van der Waals surface area contributed by atoms with Crippen molar-refractivity contribution in [2.24, 2.45) is 0 Å². The van der Waals surface area contributed by atoms with Crippen molar-refractivity contribution in [1.82, 2.24) is 14.5 Å². The number of benzene rings is 1. The molecule has 5 nitrogen and oxygen atoms in total. The van der Waals surface area contributed by atoms with E-state index in [2.05, 4.69) is 9.97 Å². The minimum atomic E-state index is -0.337. The standard InChI is InChI=1S/C18H17N3O2/c1-2-23-17(22)11-7-13-21-16-10-4-3-8-14(16)20-18(21)15-9-5-6-12-19-15/h3-12H,2,13H2,1H3/b11-7+. The maximum Gasteiger partial charge on any atom is 0.330 e. The summed E-state index contributed by atoms with van der Waals surface area (Å²) in [4.78, 5) is 20.5. The van der Waals surface area contributed by atoms with Crippen molar-refractivity contribution in [2.75, 3.05) is 6.61 Å². The Labute approximate surface area is 134 Å². The highest BCUT2D eigenvalue weighted by molar-refractivity contribution is 5.82. The zero-order valence-corrected chi connectivity index (χ0v) is 12.8. The van der Waals surface area contributed by atoms with E-state index in [1.807, 2.05) is 47.0 Å². The van der Waals surface area contributed by atoms with E-state index in [-0.39, 0.29) is 5.97 Å². The van der Waals surface area contributed by atoms with Gasteiger partial charge >= 0.3 is 5.97 Å². The van der Waals surface area contributed by atoms with Gasteiger partial charge in [-0.15, -0.1) is 0 Å². The lowest BCUT2D eigenvalue weighted by Crippen LogP contribution is -2.02. The van der Waals surface area contributed by atoms with E-state index in [1.165, 1.54) is 6.08 Å². The molecule has 0 amide bonds. The Morgan fingerprint density at radius 2 is 2.04 bits per heavy atom. The molecule has 2 heterocycles. The summed E-state index contributed by atoms with van der Waals surface area (Å²) in [6.07, 6.45) is 4.96. The number of fused-ring (bicyclic) bond motifs is 1. The predicted octanol–water partition coefficient (Wildman–Crippen LogP) is 3.22. The maximum atomic E-state index is 11.4. The van der Waals surface area contributed by atoms with Crippen LogP contribution in [0.5, 0.6) is 0 Å². The van der Waals surface area contributed by atoms with E-state index in [0.717, 1.165) is 22.6 Å². The highest BCUT2D eigenvalue weighted by Crippen LogP contribution is 2.23. The Balaban J connectivity index is 1.98. The Bertz CT molecular complexity index is 838. The molecule has 0 spiro atoms. The van der Waals surface area contributed by atoms with Crippen LogP contribution in [0.25, 0.3) is 22.6 Å². The van der Waals surface area contributed by atoms with E-state index < -0.39 is 0 Å². The topological polar surface area (TPSA) is 57.0 Å². The summed E-state index contributed by atoms with van der Waals surface area (Å²) in [6, 6.07) is 13.6. The highest BCUT2D eigenvalue weighted by Gasteiger charge is 2.12. The molecule has 0 N–H and O–H groups in total. The minimum absolute atomic E-state index is 0.337. The van der Waals surface area contributed by atoms with Crippen LogP contribution in [-0.2, 0) is 16.1 Å². The van der Waals surface area contributed by atoms with Crippen molar-refractivity contribution in [1.29, 1.82) is 0 Å². The van der Waals surface area contributed by atoms with Crippen molar-refractivity contribution in [3.8, 4) is 11.5 Å². The van der Waals surface area contributed by atoms with Crippen LogP contribution >= 0.6 is 0 Å². The number of esters is 1. The minimum Gasteiger partial charge on any atom is -0.463 e. The van der Waals surface area contributed by atoms with Crippen LogP contribution < -0.4 is 0 Å². The number of para-hydroxylation sites is 2. The first-order valence-electron chi connectivity index (χ1n) is 7.49. The van der Waals surface area contributed by atoms with E-state index in [0.29, 0.717) is 13.2 Å². The molecular weight excluding hydrogens is 290 g/mol. The molecule has 0 radical (unpaired) electrons. The summed E-state index contributed by atoms with van der Waals surface area (Å²) in [5, 5.41) is 0. The van der Waals surface area contributed by atoms with Gasteiger partial charge < -0.3 is 9.30 Å². The highest BCUT2D eigenvalue weighted by atomic mass is 16.5. The third-order valence-corrected chi connectivity index (χ3v) is 3.38. The summed E-state index contributed by atoms with van der Waals surface area (Å²) in [5.74, 6) is 0.441. The Morgan fingerprint density at radius 3 is 2.83 bits per heavy atom. The van der Waals surface area contributed by atoms with Crippen molar-refractivity contribution in [2.45, 2.75) is 13.5 Å². The fraction of sp³-hybridized carbons (Fsp3) is 0.167. The number of aromatic nitrogens is 3. The third-order valence-electron chi connectivity index (χ3n) is 3.38. The monoisotopic (exact) mass is 307 g/mol. The van der Waals surface area contributed by atoms with E-state index in [1.54, 1.807) is 19.2 Å². The summed E-state index contributed by atoms with van der Waals surface area (Å²) in [7, 11) is 0. The fourth-order valence-electron chi connectivity index (χ4n) is 2.40. The molecule has 0 aliphatic rings. The van der Waals surface area contributed by atoms with Crippen molar-refractivity contribution >= 4 is 17.0 Å². The van der Waals surface area contributed by atoms with Crippen LogP contribution in [0.4, 0.5) is 0 Å². The predicted molar refractivity (Wildman–Crippen MR) is 88.7 cm³/mol. The number of allylic oxidation sites excluding steroid dienone is 1. The Hall–Kier alpha value is -2.95. The lowest BCUT2D eigenvalue weighted by molar-refractivity contribution is -0.137. The number of hydrogen-bond donors (Lipinski definition) is 0. The normalized spacial score (nSPS) is 11.2. The molecule has 0 bridgehead atoms. The molecule has 0 saturated carbocycles. The molecule has 1 aromatic carbocycles. The summed E-state index contributed by atoms with van der Waals surface area (Å²) >= 11 is 0. The Morgan fingerprint density at radius 1 is 1.22 bits per heavy atom. The molecule has 0 atom stereocenters. The molecule has 0 aliphatic heterocycles. The van der Waals surface area contributed by atoms with Gasteiger partial charge in [0, 0.05) is 18.8 Å². The van der Waals surface area contributed by atoms with Gasteiger partial charge in [-0.25, -0.2) is 9.78 Å². The van der Waals surface area contributed by atoms with Crippen LogP contribution in [0.3, 0.4) is 0 Å². The number of imidazole rings is 1. The zero-order valence-electron chi connectivity index (χ0n) is 12.8. The molecule has 0 aliphatic carbocycles. The van der Waals surface area contributed by atoms with Gasteiger partial charge in [0.05, 0.1) is 17.6 Å². The number of ether oxygens (including phenoxy) is 1. The molecule has 116 valence electrons. The van der Waals surface area contributed by atoms with Crippen LogP contribution in [-0.4, -0.2) is 27.1 Å². The van der Waals surface area contributed by atoms with E-state index in [4.69, 9.17) is 4.74 Å². The van der Waals surface area contributed by atoms with Gasteiger partial charge in [-0.2, -0.15) is 0 Å². The number of rotatable bonds is 5. The van der Waals surface area contributed by atoms with Crippen LogP contribution in [0, 0.1) is 0 Å². The molecule has 2 aromatic heterocycles. The van der Waals surface area contributed by atoms with Crippen LogP contribution in [0.2, 0.25) is 0 Å². The number of nitrogens with zero attached hydrogens (tertiary/aromatic N) is 3. The second kappa shape index (κ2) is 6.87. The van der Waals surface area contributed by atoms with Gasteiger partial charge in [0.1, 0.15) is 5.69 Å². The first-order chi connectivity index (χ1) is 11.3. The fourth-order valence-corrected chi connectivity index (χ4v) is 2.40. The molecule has 5 heteroatoms. The number of pyridine rings is 1.